The van der Waals surface area contributed by atoms with Crippen LogP contribution < -0.4 is 14.8 Å². The van der Waals surface area contributed by atoms with Gasteiger partial charge >= 0.3 is 0 Å². The molecule has 0 heterocycles. The fourth-order valence-corrected chi connectivity index (χ4v) is 2.55. The minimum Gasteiger partial charge on any atom is -0.491 e. The molecular weight excluding hydrogens is 354 g/mol. The van der Waals surface area contributed by atoms with Gasteiger partial charge in [-0.3, -0.25) is 4.79 Å². The predicted octanol–water partition coefficient (Wildman–Crippen LogP) is 4.54. The molecule has 0 bridgehead atoms. The Balaban J connectivity index is 1.55. The minimum absolute atomic E-state index is 0.191. The Labute approximate surface area is 164 Å². The molecule has 5 heteroatoms. The maximum Gasteiger partial charge on any atom is 0.255 e. The molecule has 0 unspecified atom stereocenters. The molecular formula is C23H23NO4. The third kappa shape index (κ3) is 5.86. The van der Waals surface area contributed by atoms with E-state index in [1.807, 2.05) is 48.5 Å². The van der Waals surface area contributed by atoms with Crippen LogP contribution in [0.15, 0.2) is 78.9 Å². The summed E-state index contributed by atoms with van der Waals surface area (Å²) in [5.41, 5.74) is 2.32. The molecule has 0 saturated heterocycles. The quantitative estimate of drug-likeness (QED) is 0.556. The van der Waals surface area contributed by atoms with Crippen molar-refractivity contribution in [3.63, 3.8) is 0 Å². The van der Waals surface area contributed by atoms with Crippen LogP contribution >= 0.6 is 0 Å². The average Bonchev–Trinajstić information content (AvgIpc) is 2.74. The zero-order valence-corrected chi connectivity index (χ0v) is 15.8. The van der Waals surface area contributed by atoms with Crippen molar-refractivity contribution in [2.24, 2.45) is 0 Å². The number of ether oxygens (including phenoxy) is 3. The van der Waals surface area contributed by atoms with E-state index in [1.165, 1.54) is 0 Å². The molecule has 0 fully saturated rings. The maximum atomic E-state index is 12.5. The van der Waals surface area contributed by atoms with E-state index in [1.54, 1.807) is 37.4 Å². The van der Waals surface area contributed by atoms with Gasteiger partial charge in [0.25, 0.3) is 5.91 Å². The number of methoxy groups -OCH3 is 1. The molecule has 0 radical (unpaired) electrons. The van der Waals surface area contributed by atoms with Gasteiger partial charge in [-0.05, 0) is 42.0 Å². The molecule has 0 aliphatic carbocycles. The SMILES string of the molecule is COCCOc1cccc(NC(=O)c2ccc(OCc3ccccc3)cc2)c1. The van der Waals surface area contributed by atoms with Gasteiger partial charge in [0.2, 0.25) is 0 Å². The summed E-state index contributed by atoms with van der Waals surface area (Å²) >= 11 is 0. The highest BCUT2D eigenvalue weighted by atomic mass is 16.5. The van der Waals surface area contributed by atoms with Crippen molar-refractivity contribution < 1.29 is 19.0 Å². The number of amides is 1. The van der Waals surface area contributed by atoms with E-state index >= 15 is 0 Å². The smallest absolute Gasteiger partial charge is 0.255 e. The number of rotatable bonds is 9. The molecule has 1 amide bonds. The van der Waals surface area contributed by atoms with E-state index in [-0.39, 0.29) is 5.91 Å². The molecule has 3 aromatic rings. The summed E-state index contributed by atoms with van der Waals surface area (Å²) < 4.78 is 16.3. The average molecular weight is 377 g/mol. The first-order chi connectivity index (χ1) is 13.7. The van der Waals surface area contributed by atoms with Crippen LogP contribution in [0.3, 0.4) is 0 Å². The van der Waals surface area contributed by atoms with Crippen molar-refractivity contribution in [1.29, 1.82) is 0 Å². The molecule has 3 aromatic carbocycles. The molecule has 1 N–H and O–H groups in total. The third-order valence-corrected chi connectivity index (χ3v) is 4.01. The lowest BCUT2D eigenvalue weighted by Crippen LogP contribution is -2.12. The maximum absolute atomic E-state index is 12.5. The van der Waals surface area contributed by atoms with Crippen LogP contribution in [0, 0.1) is 0 Å². The summed E-state index contributed by atoms with van der Waals surface area (Å²) in [6.45, 7) is 1.45. The lowest BCUT2D eigenvalue weighted by molar-refractivity contribution is 0.102. The van der Waals surface area contributed by atoms with Crippen molar-refractivity contribution in [1.82, 2.24) is 0 Å². The van der Waals surface area contributed by atoms with E-state index in [2.05, 4.69) is 5.32 Å². The summed E-state index contributed by atoms with van der Waals surface area (Å²) in [7, 11) is 1.62. The predicted molar refractivity (Wildman–Crippen MR) is 109 cm³/mol. The highest BCUT2D eigenvalue weighted by molar-refractivity contribution is 6.04. The van der Waals surface area contributed by atoms with Gasteiger partial charge in [-0.1, -0.05) is 36.4 Å². The van der Waals surface area contributed by atoms with Gasteiger partial charge in [-0.2, -0.15) is 0 Å². The van der Waals surface area contributed by atoms with Crippen molar-refractivity contribution >= 4 is 11.6 Å². The van der Waals surface area contributed by atoms with Gasteiger partial charge in [0.1, 0.15) is 24.7 Å². The van der Waals surface area contributed by atoms with Crippen LogP contribution in [0.1, 0.15) is 15.9 Å². The van der Waals surface area contributed by atoms with Crippen LogP contribution in [0.2, 0.25) is 0 Å². The van der Waals surface area contributed by atoms with Crippen molar-refractivity contribution in [2.75, 3.05) is 25.6 Å². The van der Waals surface area contributed by atoms with Crippen LogP contribution in [0.25, 0.3) is 0 Å². The third-order valence-electron chi connectivity index (χ3n) is 4.01. The Bertz CT molecular complexity index is 879. The summed E-state index contributed by atoms with van der Waals surface area (Å²) in [4.78, 5) is 12.5. The molecule has 3 rings (SSSR count). The first kappa shape index (κ1) is 19.5. The largest absolute Gasteiger partial charge is 0.491 e. The standard InChI is InChI=1S/C23H23NO4/c1-26-14-15-27-22-9-5-8-20(16-22)24-23(25)19-10-12-21(13-11-19)28-17-18-6-3-2-4-7-18/h2-13,16H,14-15,17H2,1H3,(H,24,25). The number of carbonyl (C=O) groups excluding carboxylic acids is 1. The fraction of sp³-hybridized carbons (Fsp3) is 0.174. The van der Waals surface area contributed by atoms with Gasteiger partial charge in [0, 0.05) is 24.4 Å². The zero-order valence-electron chi connectivity index (χ0n) is 15.8. The van der Waals surface area contributed by atoms with Crippen molar-refractivity contribution in [3.8, 4) is 11.5 Å². The number of anilines is 1. The number of carbonyl (C=O) groups is 1. The van der Waals surface area contributed by atoms with Crippen LogP contribution in [0.4, 0.5) is 5.69 Å². The second-order valence-corrected chi connectivity index (χ2v) is 6.12. The normalized spacial score (nSPS) is 10.3. The summed E-state index contributed by atoms with van der Waals surface area (Å²) in [6, 6.07) is 24.3. The van der Waals surface area contributed by atoms with Crippen LogP contribution in [-0.2, 0) is 11.3 Å². The van der Waals surface area contributed by atoms with Crippen LogP contribution in [-0.4, -0.2) is 26.2 Å². The van der Waals surface area contributed by atoms with Gasteiger partial charge in [-0.15, -0.1) is 0 Å². The highest BCUT2D eigenvalue weighted by Gasteiger charge is 2.07. The topological polar surface area (TPSA) is 56.8 Å². The molecule has 144 valence electrons. The molecule has 0 spiro atoms. The highest BCUT2D eigenvalue weighted by Crippen LogP contribution is 2.19. The van der Waals surface area contributed by atoms with E-state index in [0.717, 1.165) is 5.56 Å². The van der Waals surface area contributed by atoms with Gasteiger partial charge in [0.05, 0.1) is 6.61 Å². The molecule has 0 saturated carbocycles. The minimum atomic E-state index is -0.191. The fourth-order valence-electron chi connectivity index (χ4n) is 2.55. The van der Waals surface area contributed by atoms with Crippen molar-refractivity contribution in [2.45, 2.75) is 6.61 Å². The molecule has 0 aromatic heterocycles. The summed E-state index contributed by atoms with van der Waals surface area (Å²) in [5, 5.41) is 2.88. The Morgan fingerprint density at radius 3 is 2.36 bits per heavy atom. The number of benzene rings is 3. The molecule has 0 aliphatic rings. The van der Waals surface area contributed by atoms with E-state index in [4.69, 9.17) is 14.2 Å². The Morgan fingerprint density at radius 1 is 0.821 bits per heavy atom. The number of nitrogens with one attached hydrogen (secondary N) is 1. The Hall–Kier alpha value is -3.31. The lowest BCUT2D eigenvalue weighted by atomic mass is 10.2. The molecule has 5 nitrogen and oxygen atoms in total. The van der Waals surface area contributed by atoms with Crippen molar-refractivity contribution in [3.05, 3.63) is 90.0 Å². The number of hydrogen-bond acceptors (Lipinski definition) is 4. The van der Waals surface area contributed by atoms with Gasteiger partial charge in [-0.25, -0.2) is 0 Å². The van der Waals surface area contributed by atoms with Gasteiger partial charge < -0.3 is 19.5 Å². The van der Waals surface area contributed by atoms with Gasteiger partial charge in [0.15, 0.2) is 0 Å². The van der Waals surface area contributed by atoms with Crippen LogP contribution in [0.5, 0.6) is 11.5 Å². The first-order valence-electron chi connectivity index (χ1n) is 9.04. The monoisotopic (exact) mass is 377 g/mol. The number of hydrogen-bond donors (Lipinski definition) is 1. The Kier molecular flexibility index (Phi) is 7.04. The molecule has 28 heavy (non-hydrogen) atoms. The second-order valence-electron chi connectivity index (χ2n) is 6.12. The summed E-state index contributed by atoms with van der Waals surface area (Å²) in [5.74, 6) is 1.21. The zero-order chi connectivity index (χ0) is 19.6. The lowest BCUT2D eigenvalue weighted by Gasteiger charge is -2.10. The molecule has 0 atom stereocenters. The van der Waals surface area contributed by atoms with E-state index < -0.39 is 0 Å². The van der Waals surface area contributed by atoms with E-state index in [9.17, 15) is 4.79 Å². The Morgan fingerprint density at radius 2 is 1.61 bits per heavy atom. The molecule has 0 aliphatic heterocycles. The second kappa shape index (κ2) is 10.1. The van der Waals surface area contributed by atoms with E-state index in [0.29, 0.717) is 42.6 Å². The first-order valence-corrected chi connectivity index (χ1v) is 9.04. The summed E-state index contributed by atoms with van der Waals surface area (Å²) in [6.07, 6.45) is 0.